The van der Waals surface area contributed by atoms with E-state index in [0.29, 0.717) is 6.42 Å². The first-order chi connectivity index (χ1) is 9.46. The van der Waals surface area contributed by atoms with Crippen molar-refractivity contribution >= 4 is 27.3 Å². The molecule has 0 aliphatic carbocycles. The van der Waals surface area contributed by atoms with Crippen LogP contribution < -0.4 is 5.32 Å². The van der Waals surface area contributed by atoms with E-state index >= 15 is 0 Å². The van der Waals surface area contributed by atoms with Crippen molar-refractivity contribution in [2.75, 3.05) is 11.5 Å². The average molecular weight is 316 g/mol. The zero-order chi connectivity index (χ0) is 14.6. The van der Waals surface area contributed by atoms with E-state index in [-0.39, 0.29) is 17.4 Å². The second-order valence-electron chi connectivity index (χ2n) is 5.11. The number of hydrogen-bond donors (Lipinski definition) is 1. The Bertz CT molecular complexity index is 559. The quantitative estimate of drug-likeness (QED) is 0.838. The van der Waals surface area contributed by atoms with Gasteiger partial charge in [-0.25, -0.2) is 8.42 Å². The predicted molar refractivity (Wildman–Crippen MR) is 79.6 cm³/mol. The maximum atomic E-state index is 11.8. The molecule has 0 aromatic heterocycles. The maximum absolute atomic E-state index is 11.8. The highest BCUT2D eigenvalue weighted by atomic mass is 35.5. The Balaban J connectivity index is 1.73. The number of amides is 1. The van der Waals surface area contributed by atoms with Gasteiger partial charge in [0.15, 0.2) is 9.84 Å². The summed E-state index contributed by atoms with van der Waals surface area (Å²) < 4.78 is 22.8. The van der Waals surface area contributed by atoms with Crippen molar-refractivity contribution in [2.45, 2.75) is 30.7 Å². The van der Waals surface area contributed by atoms with Crippen LogP contribution in [0.1, 0.15) is 18.4 Å². The first-order valence-corrected chi connectivity index (χ1v) is 8.90. The number of carbonyl (C=O) groups is 1. The van der Waals surface area contributed by atoms with Crippen LogP contribution >= 0.6 is 11.6 Å². The van der Waals surface area contributed by atoms with E-state index in [1.807, 2.05) is 30.3 Å². The number of aryl methyl sites for hydroxylation is 1. The summed E-state index contributed by atoms with van der Waals surface area (Å²) in [5.74, 6) is -0.233. The predicted octanol–water partition coefficient (Wildman–Crippen LogP) is 1.53. The summed E-state index contributed by atoms with van der Waals surface area (Å²) in [5, 5.41) is 2.20. The minimum absolute atomic E-state index is 0.0500. The molecule has 1 aromatic carbocycles. The van der Waals surface area contributed by atoms with Gasteiger partial charge in [-0.05, 0) is 18.4 Å². The van der Waals surface area contributed by atoms with Gasteiger partial charge >= 0.3 is 0 Å². The Kier molecular flexibility index (Phi) is 5.05. The summed E-state index contributed by atoms with van der Waals surface area (Å²) in [6, 6.07) is 9.49. The van der Waals surface area contributed by atoms with Gasteiger partial charge in [0.1, 0.15) is 0 Å². The first-order valence-electron chi connectivity index (χ1n) is 6.64. The highest BCUT2D eigenvalue weighted by Gasteiger charge is 2.37. The van der Waals surface area contributed by atoms with Crippen molar-refractivity contribution < 1.29 is 13.2 Å². The molecule has 1 amide bonds. The number of halogens is 1. The lowest BCUT2D eigenvalue weighted by atomic mass is 10.1. The smallest absolute Gasteiger partial charge is 0.220 e. The Labute approximate surface area is 124 Å². The molecule has 2 atom stereocenters. The zero-order valence-electron chi connectivity index (χ0n) is 11.1. The zero-order valence-corrected chi connectivity index (χ0v) is 12.7. The van der Waals surface area contributed by atoms with Gasteiger partial charge in [0.05, 0.1) is 22.9 Å². The molecule has 0 saturated carbocycles. The van der Waals surface area contributed by atoms with Crippen LogP contribution in [0.25, 0.3) is 0 Å². The topological polar surface area (TPSA) is 63.2 Å². The average Bonchev–Trinajstić information content (AvgIpc) is 2.63. The number of sulfone groups is 1. The number of nitrogens with one attached hydrogen (secondary N) is 1. The third-order valence-corrected chi connectivity index (χ3v) is 5.72. The molecule has 2 rings (SSSR count). The van der Waals surface area contributed by atoms with Crippen molar-refractivity contribution in [1.82, 2.24) is 5.32 Å². The second-order valence-corrected chi connectivity index (χ2v) is 7.82. The molecule has 0 unspecified atom stereocenters. The molecule has 1 N–H and O–H groups in total. The van der Waals surface area contributed by atoms with Crippen molar-refractivity contribution in [1.29, 1.82) is 0 Å². The van der Waals surface area contributed by atoms with Gasteiger partial charge in [-0.1, -0.05) is 30.3 Å². The minimum atomic E-state index is -3.10. The van der Waals surface area contributed by atoms with Crippen LogP contribution in [0.15, 0.2) is 30.3 Å². The molecule has 1 heterocycles. The Morgan fingerprint density at radius 3 is 2.55 bits per heavy atom. The van der Waals surface area contributed by atoms with E-state index in [9.17, 15) is 13.2 Å². The van der Waals surface area contributed by atoms with E-state index in [1.54, 1.807) is 0 Å². The van der Waals surface area contributed by atoms with Crippen molar-refractivity contribution in [3.63, 3.8) is 0 Å². The van der Waals surface area contributed by atoms with Crippen LogP contribution in [0.2, 0.25) is 0 Å². The third-order valence-electron chi connectivity index (χ3n) is 3.34. The largest absolute Gasteiger partial charge is 0.351 e. The first kappa shape index (κ1) is 15.3. The lowest BCUT2D eigenvalue weighted by molar-refractivity contribution is -0.121. The van der Waals surface area contributed by atoms with Crippen molar-refractivity contribution in [3.05, 3.63) is 35.9 Å². The van der Waals surface area contributed by atoms with E-state index in [4.69, 9.17) is 11.6 Å². The molecule has 4 nitrogen and oxygen atoms in total. The van der Waals surface area contributed by atoms with Crippen molar-refractivity contribution in [2.24, 2.45) is 0 Å². The highest BCUT2D eigenvalue weighted by Crippen LogP contribution is 2.18. The van der Waals surface area contributed by atoms with E-state index < -0.39 is 21.3 Å². The number of alkyl halides is 1. The summed E-state index contributed by atoms with van der Waals surface area (Å²) in [5.41, 5.74) is 1.19. The molecule has 1 saturated heterocycles. The van der Waals surface area contributed by atoms with Crippen LogP contribution in [-0.2, 0) is 21.1 Å². The number of carbonyl (C=O) groups excluding carboxylic acids is 1. The van der Waals surface area contributed by atoms with Crippen LogP contribution in [0.4, 0.5) is 0 Å². The van der Waals surface area contributed by atoms with Gasteiger partial charge in [-0.3, -0.25) is 4.79 Å². The third kappa shape index (κ3) is 4.49. The molecule has 0 radical (unpaired) electrons. The SMILES string of the molecule is O=C(CCCc1ccccc1)N[C@@H]1CS(=O)(=O)C[C@H]1Cl. The molecule has 0 bridgehead atoms. The van der Waals surface area contributed by atoms with Crippen LogP contribution in [0, 0.1) is 0 Å². The fourth-order valence-corrected chi connectivity index (χ4v) is 4.86. The Hall–Kier alpha value is -1.07. The molecular weight excluding hydrogens is 298 g/mol. The molecule has 6 heteroatoms. The molecule has 110 valence electrons. The van der Waals surface area contributed by atoms with E-state index in [2.05, 4.69) is 5.32 Å². The Morgan fingerprint density at radius 2 is 1.95 bits per heavy atom. The van der Waals surface area contributed by atoms with Gasteiger partial charge in [0.2, 0.25) is 5.91 Å². The molecule has 1 fully saturated rings. The molecule has 0 spiro atoms. The van der Waals surface area contributed by atoms with Crippen LogP contribution in [0.3, 0.4) is 0 Å². The second kappa shape index (κ2) is 6.59. The maximum Gasteiger partial charge on any atom is 0.220 e. The van der Waals surface area contributed by atoms with E-state index in [0.717, 1.165) is 12.8 Å². The fraction of sp³-hybridized carbons (Fsp3) is 0.500. The molecule has 1 aromatic rings. The van der Waals surface area contributed by atoms with Gasteiger partial charge in [0, 0.05) is 6.42 Å². The van der Waals surface area contributed by atoms with Crippen molar-refractivity contribution in [3.8, 4) is 0 Å². The summed E-state index contributed by atoms with van der Waals surface area (Å²) in [4.78, 5) is 11.8. The molecule has 1 aliphatic heterocycles. The summed E-state index contributed by atoms with van der Waals surface area (Å²) in [6.07, 6.45) is 1.96. The molecule has 1 aliphatic rings. The van der Waals surface area contributed by atoms with E-state index in [1.165, 1.54) is 5.56 Å². The van der Waals surface area contributed by atoms with Gasteiger partial charge in [-0.15, -0.1) is 11.6 Å². The molecular formula is C14H18ClNO3S. The standard InChI is InChI=1S/C14H18ClNO3S/c15-12-9-20(18,19)10-13(12)16-14(17)8-4-7-11-5-2-1-3-6-11/h1-3,5-6,12-13H,4,7-10H2,(H,16,17)/t12-,13-/m1/s1. The minimum Gasteiger partial charge on any atom is -0.351 e. The number of hydrogen-bond acceptors (Lipinski definition) is 3. The Morgan fingerprint density at radius 1 is 1.25 bits per heavy atom. The van der Waals surface area contributed by atoms with Crippen LogP contribution in [-0.4, -0.2) is 37.2 Å². The van der Waals surface area contributed by atoms with Crippen LogP contribution in [0.5, 0.6) is 0 Å². The highest BCUT2D eigenvalue weighted by molar-refractivity contribution is 7.91. The van der Waals surface area contributed by atoms with Gasteiger partial charge in [0.25, 0.3) is 0 Å². The number of rotatable bonds is 5. The summed E-state index contributed by atoms with van der Waals surface area (Å²) in [6.45, 7) is 0. The number of benzene rings is 1. The lowest BCUT2D eigenvalue weighted by Gasteiger charge is -2.14. The molecule has 20 heavy (non-hydrogen) atoms. The summed E-state index contributed by atoms with van der Waals surface area (Å²) >= 11 is 5.94. The lowest BCUT2D eigenvalue weighted by Crippen LogP contribution is -2.40. The monoisotopic (exact) mass is 315 g/mol. The fourth-order valence-electron chi connectivity index (χ4n) is 2.31. The summed E-state index contributed by atoms with van der Waals surface area (Å²) in [7, 11) is -3.10. The van der Waals surface area contributed by atoms with Gasteiger partial charge in [-0.2, -0.15) is 0 Å². The normalized spacial score (nSPS) is 24.4. The van der Waals surface area contributed by atoms with Gasteiger partial charge < -0.3 is 5.32 Å².